The van der Waals surface area contributed by atoms with E-state index in [9.17, 15) is 9.59 Å². The van der Waals surface area contributed by atoms with E-state index in [-0.39, 0.29) is 23.3 Å². The summed E-state index contributed by atoms with van der Waals surface area (Å²) in [4.78, 5) is 30.4. The Morgan fingerprint density at radius 1 is 1.31 bits per heavy atom. The second-order valence-corrected chi connectivity index (χ2v) is 8.08. The van der Waals surface area contributed by atoms with Crippen LogP contribution in [0.1, 0.15) is 36.6 Å². The molecule has 0 spiro atoms. The lowest BCUT2D eigenvalue weighted by atomic mass is 9.78. The SMILES string of the molecule is CCOCCN1C[C@H]2C[C@@H](C1)[C@H](C(=O)N(C)Cc1ccoc1)n1c2cccc1=O. The van der Waals surface area contributed by atoms with Gasteiger partial charge in [-0.05, 0) is 25.5 Å². The van der Waals surface area contributed by atoms with Crippen LogP contribution in [0, 0.1) is 5.92 Å². The molecule has 1 amide bonds. The van der Waals surface area contributed by atoms with E-state index in [0.717, 1.165) is 37.3 Å². The van der Waals surface area contributed by atoms with Gasteiger partial charge in [0.05, 0.1) is 19.1 Å². The minimum absolute atomic E-state index is 0.0177. The normalized spacial score (nSPS) is 23.6. The van der Waals surface area contributed by atoms with Gasteiger partial charge in [0.1, 0.15) is 6.04 Å². The van der Waals surface area contributed by atoms with E-state index >= 15 is 0 Å². The molecule has 2 aromatic rings. The lowest BCUT2D eigenvalue weighted by Gasteiger charge is -2.47. The largest absolute Gasteiger partial charge is 0.472 e. The number of fused-ring (bicyclic) bond motifs is 4. The van der Waals surface area contributed by atoms with Crippen LogP contribution in [0.4, 0.5) is 0 Å². The zero-order valence-corrected chi connectivity index (χ0v) is 17.1. The Bertz CT molecular complexity index is 892. The number of hydrogen-bond donors (Lipinski definition) is 0. The van der Waals surface area contributed by atoms with Crippen molar-refractivity contribution in [3.8, 4) is 0 Å². The number of likely N-dealkylation sites (tertiary alicyclic amines) is 1. The van der Waals surface area contributed by atoms with Gasteiger partial charge in [-0.15, -0.1) is 0 Å². The molecule has 0 saturated carbocycles. The van der Waals surface area contributed by atoms with E-state index in [0.29, 0.717) is 19.8 Å². The molecule has 2 aliphatic rings. The molecule has 3 atom stereocenters. The number of ether oxygens (including phenoxy) is 1. The summed E-state index contributed by atoms with van der Waals surface area (Å²) in [6.45, 7) is 6.42. The number of nitrogens with zero attached hydrogens (tertiary/aromatic N) is 3. The lowest BCUT2D eigenvalue weighted by Crippen LogP contribution is -2.53. The van der Waals surface area contributed by atoms with Crippen molar-refractivity contribution in [1.82, 2.24) is 14.4 Å². The molecule has 4 heterocycles. The molecule has 0 N–H and O–H groups in total. The maximum Gasteiger partial charge on any atom is 0.251 e. The second-order valence-electron chi connectivity index (χ2n) is 8.08. The van der Waals surface area contributed by atoms with Crippen LogP contribution in [0.2, 0.25) is 0 Å². The summed E-state index contributed by atoms with van der Waals surface area (Å²) < 4.78 is 12.4. The van der Waals surface area contributed by atoms with Crippen LogP contribution in [0.15, 0.2) is 46.0 Å². The standard InChI is InChI=1S/C22H29N3O4/c1-3-28-10-8-24-13-17-11-18(14-24)21(25-19(17)5-4-6-20(25)26)22(27)23(2)12-16-7-9-29-15-16/h4-7,9,15,17-18,21H,3,8,10-14H2,1-2H3/t17-,18+,21-/m1/s1. The molecule has 0 aromatic carbocycles. The number of amides is 1. The highest BCUT2D eigenvalue weighted by atomic mass is 16.5. The highest BCUT2D eigenvalue weighted by Gasteiger charge is 2.44. The number of hydrogen-bond acceptors (Lipinski definition) is 5. The second kappa shape index (κ2) is 8.55. The smallest absolute Gasteiger partial charge is 0.251 e. The minimum Gasteiger partial charge on any atom is -0.472 e. The van der Waals surface area contributed by atoms with Crippen molar-refractivity contribution in [2.75, 3.05) is 39.9 Å². The summed E-state index contributed by atoms with van der Waals surface area (Å²) in [6, 6.07) is 6.77. The molecule has 7 nitrogen and oxygen atoms in total. The van der Waals surface area contributed by atoms with Gasteiger partial charge in [0, 0.05) is 69.0 Å². The molecular weight excluding hydrogens is 370 g/mol. The monoisotopic (exact) mass is 399 g/mol. The number of likely N-dealkylation sites (N-methyl/N-ethyl adjacent to an activating group) is 1. The quantitative estimate of drug-likeness (QED) is 0.667. The molecule has 2 aromatic heterocycles. The average molecular weight is 399 g/mol. The van der Waals surface area contributed by atoms with Gasteiger partial charge < -0.3 is 19.0 Å². The van der Waals surface area contributed by atoms with Crippen molar-refractivity contribution in [3.05, 3.63) is 58.4 Å². The molecule has 1 fully saturated rings. The zero-order valence-electron chi connectivity index (χ0n) is 17.1. The fourth-order valence-electron chi connectivity index (χ4n) is 4.83. The van der Waals surface area contributed by atoms with Gasteiger partial charge in [-0.25, -0.2) is 0 Å². The highest BCUT2D eigenvalue weighted by Crippen LogP contribution is 2.41. The summed E-state index contributed by atoms with van der Waals surface area (Å²) in [5.74, 6) is 0.366. The number of carbonyl (C=O) groups is 1. The topological polar surface area (TPSA) is 67.9 Å². The third-order valence-corrected chi connectivity index (χ3v) is 6.11. The van der Waals surface area contributed by atoms with Crippen molar-refractivity contribution < 1.29 is 13.9 Å². The fourth-order valence-corrected chi connectivity index (χ4v) is 4.83. The van der Waals surface area contributed by atoms with Crippen LogP contribution in [0.25, 0.3) is 0 Å². The number of piperidine rings is 1. The number of carbonyl (C=O) groups excluding carboxylic acids is 1. The first kappa shape index (κ1) is 19.9. The first-order chi connectivity index (χ1) is 14.1. The number of furan rings is 1. The number of rotatable bonds is 7. The van der Waals surface area contributed by atoms with E-state index < -0.39 is 6.04 Å². The minimum atomic E-state index is -0.471. The molecule has 2 aliphatic heterocycles. The van der Waals surface area contributed by atoms with Crippen molar-refractivity contribution >= 4 is 5.91 Å². The van der Waals surface area contributed by atoms with Gasteiger partial charge in [0.15, 0.2) is 0 Å². The molecule has 0 unspecified atom stereocenters. The molecule has 0 radical (unpaired) electrons. The van der Waals surface area contributed by atoms with E-state index in [1.165, 1.54) is 0 Å². The van der Waals surface area contributed by atoms with E-state index in [1.807, 2.05) is 25.1 Å². The summed E-state index contributed by atoms with van der Waals surface area (Å²) in [7, 11) is 1.80. The Morgan fingerprint density at radius 3 is 2.93 bits per heavy atom. The Hall–Kier alpha value is -2.38. The predicted molar refractivity (Wildman–Crippen MR) is 109 cm³/mol. The van der Waals surface area contributed by atoms with Crippen molar-refractivity contribution in [2.24, 2.45) is 5.92 Å². The van der Waals surface area contributed by atoms with E-state index in [2.05, 4.69) is 4.90 Å². The Morgan fingerprint density at radius 2 is 2.17 bits per heavy atom. The summed E-state index contributed by atoms with van der Waals surface area (Å²) >= 11 is 0. The van der Waals surface area contributed by atoms with E-state index in [1.54, 1.807) is 35.1 Å². The first-order valence-corrected chi connectivity index (χ1v) is 10.4. The summed E-state index contributed by atoms with van der Waals surface area (Å²) in [5, 5.41) is 0. The number of aromatic nitrogens is 1. The van der Waals surface area contributed by atoms with Gasteiger partial charge >= 0.3 is 0 Å². The predicted octanol–water partition coefficient (Wildman–Crippen LogP) is 2.10. The van der Waals surface area contributed by atoms with Gasteiger partial charge in [0.25, 0.3) is 5.56 Å². The van der Waals surface area contributed by atoms with Crippen LogP contribution in [0.3, 0.4) is 0 Å². The maximum absolute atomic E-state index is 13.5. The average Bonchev–Trinajstić information content (AvgIpc) is 3.22. The van der Waals surface area contributed by atoms with Crippen LogP contribution < -0.4 is 5.56 Å². The zero-order chi connectivity index (χ0) is 20.4. The van der Waals surface area contributed by atoms with Gasteiger partial charge in [-0.1, -0.05) is 6.07 Å². The molecule has 0 aliphatic carbocycles. The molecule has 1 saturated heterocycles. The maximum atomic E-state index is 13.5. The van der Waals surface area contributed by atoms with Crippen molar-refractivity contribution in [1.29, 1.82) is 0 Å². The van der Waals surface area contributed by atoms with Gasteiger partial charge in [-0.2, -0.15) is 0 Å². The fraction of sp³-hybridized carbons (Fsp3) is 0.545. The van der Waals surface area contributed by atoms with Crippen molar-refractivity contribution in [2.45, 2.75) is 31.8 Å². The van der Waals surface area contributed by atoms with Crippen LogP contribution >= 0.6 is 0 Å². The highest BCUT2D eigenvalue weighted by molar-refractivity contribution is 5.81. The van der Waals surface area contributed by atoms with Crippen LogP contribution in [0.5, 0.6) is 0 Å². The molecule has 2 bridgehead atoms. The summed E-state index contributed by atoms with van der Waals surface area (Å²) in [6.07, 6.45) is 4.19. The Kier molecular flexibility index (Phi) is 5.87. The molecule has 29 heavy (non-hydrogen) atoms. The first-order valence-electron chi connectivity index (χ1n) is 10.4. The lowest BCUT2D eigenvalue weighted by molar-refractivity contribution is -0.137. The van der Waals surface area contributed by atoms with Crippen LogP contribution in [-0.4, -0.2) is 60.2 Å². The van der Waals surface area contributed by atoms with E-state index in [4.69, 9.17) is 9.15 Å². The van der Waals surface area contributed by atoms with Crippen molar-refractivity contribution in [3.63, 3.8) is 0 Å². The third kappa shape index (κ3) is 4.02. The third-order valence-electron chi connectivity index (χ3n) is 6.11. The molecule has 7 heteroatoms. The Balaban J connectivity index is 1.62. The number of pyridine rings is 1. The summed E-state index contributed by atoms with van der Waals surface area (Å²) in [5.41, 5.74) is 1.83. The van der Waals surface area contributed by atoms with Crippen LogP contribution in [-0.2, 0) is 16.1 Å². The molecule has 156 valence electrons. The Labute approximate surface area is 170 Å². The van der Waals surface area contributed by atoms with Gasteiger partial charge in [-0.3, -0.25) is 14.2 Å². The molecular formula is C22H29N3O4. The van der Waals surface area contributed by atoms with Gasteiger partial charge in [0.2, 0.25) is 5.91 Å². The molecule has 4 rings (SSSR count).